The van der Waals surface area contributed by atoms with Gasteiger partial charge in [0.2, 0.25) is 0 Å². The molecular weight excluding hydrogens is 277 g/mol. The maximum Gasteiger partial charge on any atom is 0.169 e. The van der Waals surface area contributed by atoms with Gasteiger partial charge in [-0.2, -0.15) is 0 Å². The third kappa shape index (κ3) is 4.17. The molecule has 0 saturated carbocycles. The van der Waals surface area contributed by atoms with Crippen LogP contribution in [0.5, 0.6) is 0 Å². The van der Waals surface area contributed by atoms with Crippen LogP contribution in [0.2, 0.25) is 0 Å². The van der Waals surface area contributed by atoms with Crippen molar-refractivity contribution in [2.24, 2.45) is 0 Å². The molecule has 0 bridgehead atoms. The topological polar surface area (TPSA) is 30.5 Å². The summed E-state index contributed by atoms with van der Waals surface area (Å²) in [7, 11) is 3.16. The minimum Gasteiger partial charge on any atom is -0.355 e. The Hall–Kier alpha value is -0.490. The number of ether oxygens (including phenoxy) is 2. The summed E-state index contributed by atoms with van der Waals surface area (Å²) >= 11 is 3.11. The number of hydrogen-bond donors (Lipinski definition) is 1. The molecule has 0 aliphatic heterocycles. The fourth-order valence-corrected chi connectivity index (χ4v) is 1.49. The van der Waals surface area contributed by atoms with E-state index in [9.17, 15) is 4.39 Å². The van der Waals surface area contributed by atoms with Gasteiger partial charge in [0.1, 0.15) is 5.82 Å². The summed E-state index contributed by atoms with van der Waals surface area (Å²) in [4.78, 5) is 0. The Bertz CT molecular complexity index is 332. The summed E-state index contributed by atoms with van der Waals surface area (Å²) in [5, 5.41) is 3.12. The Kier molecular flexibility index (Phi) is 5.90. The van der Waals surface area contributed by atoms with Crippen LogP contribution in [0.1, 0.15) is 5.56 Å². The summed E-state index contributed by atoms with van der Waals surface area (Å²) in [6, 6.07) is 5.04. The number of benzene rings is 1. The van der Waals surface area contributed by atoms with Gasteiger partial charge >= 0.3 is 0 Å². The molecule has 0 aliphatic rings. The number of rotatable bonds is 6. The van der Waals surface area contributed by atoms with Crippen LogP contribution in [0.3, 0.4) is 0 Å². The van der Waals surface area contributed by atoms with Crippen LogP contribution in [0.4, 0.5) is 4.39 Å². The Morgan fingerprint density at radius 3 is 2.62 bits per heavy atom. The second-order valence-corrected chi connectivity index (χ2v) is 4.13. The molecule has 0 amide bonds. The van der Waals surface area contributed by atoms with Crippen molar-refractivity contribution in [2.45, 2.75) is 12.8 Å². The molecule has 16 heavy (non-hydrogen) atoms. The summed E-state index contributed by atoms with van der Waals surface area (Å²) in [5.74, 6) is -0.255. The lowest BCUT2D eigenvalue weighted by atomic mass is 10.2. The van der Waals surface area contributed by atoms with Gasteiger partial charge in [0.25, 0.3) is 0 Å². The average Bonchev–Trinajstić information content (AvgIpc) is 2.29. The standard InChI is InChI=1S/C11H15BrFNO2/c1-15-11(16-2)7-14-6-8-3-4-9(12)10(13)5-8/h3-5,11,14H,6-7H2,1-2H3. The van der Waals surface area contributed by atoms with E-state index >= 15 is 0 Å². The lowest BCUT2D eigenvalue weighted by Gasteiger charge is -2.14. The zero-order valence-electron chi connectivity index (χ0n) is 9.30. The number of hydrogen-bond acceptors (Lipinski definition) is 3. The molecule has 1 aromatic rings. The van der Waals surface area contributed by atoms with E-state index in [1.165, 1.54) is 6.07 Å². The van der Waals surface area contributed by atoms with Crippen LogP contribution in [0.25, 0.3) is 0 Å². The largest absolute Gasteiger partial charge is 0.355 e. The van der Waals surface area contributed by atoms with Crippen LogP contribution in [0.15, 0.2) is 22.7 Å². The molecule has 1 N–H and O–H groups in total. The molecule has 0 aromatic heterocycles. The molecule has 0 heterocycles. The van der Waals surface area contributed by atoms with Crippen molar-refractivity contribution in [3.8, 4) is 0 Å². The van der Waals surface area contributed by atoms with Gasteiger partial charge in [-0.1, -0.05) is 6.07 Å². The van der Waals surface area contributed by atoms with Crippen molar-refractivity contribution in [1.29, 1.82) is 0 Å². The first-order valence-electron chi connectivity index (χ1n) is 4.87. The molecular formula is C11H15BrFNO2. The van der Waals surface area contributed by atoms with Crippen molar-refractivity contribution in [2.75, 3.05) is 20.8 Å². The van der Waals surface area contributed by atoms with Crippen molar-refractivity contribution >= 4 is 15.9 Å². The smallest absolute Gasteiger partial charge is 0.169 e. The number of nitrogens with one attached hydrogen (secondary N) is 1. The second kappa shape index (κ2) is 6.96. The molecule has 5 heteroatoms. The molecule has 0 aliphatic carbocycles. The van der Waals surface area contributed by atoms with E-state index in [2.05, 4.69) is 21.2 Å². The highest BCUT2D eigenvalue weighted by atomic mass is 79.9. The molecule has 3 nitrogen and oxygen atoms in total. The van der Waals surface area contributed by atoms with Gasteiger partial charge in [-0.15, -0.1) is 0 Å². The van der Waals surface area contributed by atoms with E-state index in [1.807, 2.05) is 6.07 Å². The Balaban J connectivity index is 2.40. The molecule has 90 valence electrons. The lowest BCUT2D eigenvalue weighted by Crippen LogP contribution is -2.29. The van der Waals surface area contributed by atoms with Gasteiger partial charge in [0, 0.05) is 27.3 Å². The van der Waals surface area contributed by atoms with Gasteiger partial charge in [0.15, 0.2) is 6.29 Å². The Labute approximate surface area is 103 Å². The molecule has 0 spiro atoms. The predicted octanol–water partition coefficient (Wildman–Crippen LogP) is 2.30. The van der Waals surface area contributed by atoms with E-state index < -0.39 is 0 Å². The van der Waals surface area contributed by atoms with E-state index in [1.54, 1.807) is 20.3 Å². The van der Waals surface area contributed by atoms with Crippen LogP contribution < -0.4 is 5.32 Å². The summed E-state index contributed by atoms with van der Waals surface area (Å²) < 4.78 is 23.7. The Morgan fingerprint density at radius 2 is 2.06 bits per heavy atom. The third-order valence-corrected chi connectivity index (χ3v) is 2.79. The normalized spacial score (nSPS) is 11.1. The van der Waals surface area contributed by atoms with Crippen LogP contribution in [-0.2, 0) is 16.0 Å². The molecule has 0 unspecified atom stereocenters. The first kappa shape index (κ1) is 13.6. The number of halogens is 2. The number of methoxy groups -OCH3 is 2. The Morgan fingerprint density at radius 1 is 1.38 bits per heavy atom. The highest BCUT2D eigenvalue weighted by Gasteiger charge is 2.04. The molecule has 0 fully saturated rings. The monoisotopic (exact) mass is 291 g/mol. The van der Waals surface area contributed by atoms with Crippen LogP contribution >= 0.6 is 15.9 Å². The summed E-state index contributed by atoms with van der Waals surface area (Å²) in [6.45, 7) is 1.14. The summed E-state index contributed by atoms with van der Waals surface area (Å²) in [6.07, 6.45) is -0.278. The highest BCUT2D eigenvalue weighted by molar-refractivity contribution is 9.10. The SMILES string of the molecule is COC(CNCc1ccc(Br)c(F)c1)OC. The first-order valence-corrected chi connectivity index (χ1v) is 5.67. The molecule has 0 radical (unpaired) electrons. The first-order chi connectivity index (χ1) is 7.67. The van der Waals surface area contributed by atoms with Gasteiger partial charge in [-0.05, 0) is 33.6 Å². The van der Waals surface area contributed by atoms with Crippen molar-refractivity contribution in [3.63, 3.8) is 0 Å². The quantitative estimate of drug-likeness (QED) is 0.816. The highest BCUT2D eigenvalue weighted by Crippen LogP contribution is 2.16. The second-order valence-electron chi connectivity index (χ2n) is 3.28. The average molecular weight is 292 g/mol. The summed E-state index contributed by atoms with van der Waals surface area (Å²) in [5.41, 5.74) is 0.881. The zero-order chi connectivity index (χ0) is 12.0. The third-order valence-electron chi connectivity index (χ3n) is 2.15. The molecule has 1 aromatic carbocycles. The maximum absolute atomic E-state index is 13.2. The molecule has 0 atom stereocenters. The van der Waals surface area contributed by atoms with Crippen LogP contribution in [0, 0.1) is 5.82 Å². The fraction of sp³-hybridized carbons (Fsp3) is 0.455. The van der Waals surface area contributed by atoms with E-state index in [0.29, 0.717) is 17.6 Å². The lowest BCUT2D eigenvalue weighted by molar-refractivity contribution is -0.0989. The van der Waals surface area contributed by atoms with Crippen LogP contribution in [-0.4, -0.2) is 27.1 Å². The fourth-order valence-electron chi connectivity index (χ4n) is 1.25. The van der Waals surface area contributed by atoms with Gasteiger partial charge in [-0.25, -0.2) is 4.39 Å². The zero-order valence-corrected chi connectivity index (χ0v) is 10.9. The van der Waals surface area contributed by atoms with Gasteiger partial charge < -0.3 is 14.8 Å². The van der Waals surface area contributed by atoms with Crippen molar-refractivity contribution in [3.05, 3.63) is 34.1 Å². The predicted molar refractivity (Wildman–Crippen MR) is 63.6 cm³/mol. The minimum atomic E-state index is -0.278. The van der Waals surface area contributed by atoms with Gasteiger partial charge in [-0.3, -0.25) is 0 Å². The van der Waals surface area contributed by atoms with E-state index in [0.717, 1.165) is 5.56 Å². The van der Waals surface area contributed by atoms with E-state index in [4.69, 9.17) is 9.47 Å². The van der Waals surface area contributed by atoms with Crippen molar-refractivity contribution < 1.29 is 13.9 Å². The molecule has 0 saturated heterocycles. The van der Waals surface area contributed by atoms with E-state index in [-0.39, 0.29) is 12.1 Å². The van der Waals surface area contributed by atoms with Crippen molar-refractivity contribution in [1.82, 2.24) is 5.32 Å². The van der Waals surface area contributed by atoms with Gasteiger partial charge in [0.05, 0.1) is 4.47 Å². The minimum absolute atomic E-state index is 0.255. The maximum atomic E-state index is 13.2. The molecule has 1 rings (SSSR count).